The lowest BCUT2D eigenvalue weighted by Gasteiger charge is -2.37. The lowest BCUT2D eigenvalue weighted by atomic mass is 9.88. The van der Waals surface area contributed by atoms with E-state index >= 15 is 0 Å². The molecular formula is C19H18N4O5S3. The number of hydrogen-bond acceptors (Lipinski definition) is 11. The minimum absolute atomic E-state index is 0.139. The van der Waals surface area contributed by atoms with E-state index in [1.807, 2.05) is 17.0 Å². The zero-order valence-electron chi connectivity index (χ0n) is 16.1. The van der Waals surface area contributed by atoms with Crippen LogP contribution in [0.1, 0.15) is 40.4 Å². The molecule has 1 aromatic carbocycles. The predicted molar refractivity (Wildman–Crippen MR) is 114 cm³/mol. The summed E-state index contributed by atoms with van der Waals surface area (Å²) in [7, 11) is 0. The Kier molecular flexibility index (Phi) is 5.40. The van der Waals surface area contributed by atoms with Crippen LogP contribution >= 0.6 is 36.3 Å². The second-order valence-corrected chi connectivity index (χ2v) is 9.40. The molecule has 31 heavy (non-hydrogen) atoms. The third-order valence-corrected chi connectivity index (χ3v) is 7.86. The van der Waals surface area contributed by atoms with Gasteiger partial charge in [0, 0.05) is 36.7 Å². The van der Waals surface area contributed by atoms with Crippen molar-refractivity contribution >= 4 is 54.2 Å². The molecule has 4 heterocycles. The lowest BCUT2D eigenvalue weighted by molar-refractivity contribution is -0.257. The molecule has 3 atom stereocenters. The second-order valence-electron chi connectivity index (χ2n) is 7.68. The number of hydrogen-bond donors (Lipinski definition) is 2. The van der Waals surface area contributed by atoms with Gasteiger partial charge in [-0.15, -0.1) is 0 Å². The van der Waals surface area contributed by atoms with Crippen molar-refractivity contribution in [3.8, 4) is 0 Å². The highest BCUT2D eigenvalue weighted by Gasteiger charge is 2.59. The van der Waals surface area contributed by atoms with Crippen LogP contribution in [0.5, 0.6) is 0 Å². The van der Waals surface area contributed by atoms with Crippen LogP contribution in [-0.4, -0.2) is 50.5 Å². The van der Waals surface area contributed by atoms with Gasteiger partial charge < -0.3 is 9.47 Å². The Balaban J connectivity index is 1.27. The Bertz CT molecular complexity index is 1030. The molecule has 2 aromatic rings. The highest BCUT2D eigenvalue weighted by Crippen LogP contribution is 2.48. The monoisotopic (exact) mass is 478 g/mol. The zero-order chi connectivity index (χ0) is 21.6. The van der Waals surface area contributed by atoms with Gasteiger partial charge in [0.05, 0.1) is 17.4 Å². The largest absolute Gasteiger partial charge is 0.421 e. The van der Waals surface area contributed by atoms with Crippen molar-refractivity contribution in [1.29, 1.82) is 0 Å². The molecule has 0 radical (unpaired) electrons. The molecule has 5 rings (SSSR count). The number of carbonyl (C=O) groups excluding carboxylic acids is 3. The first-order valence-corrected chi connectivity index (χ1v) is 11.9. The fourth-order valence-corrected chi connectivity index (χ4v) is 6.24. The number of nitrogens with zero attached hydrogens (tertiary/aromatic N) is 3. The van der Waals surface area contributed by atoms with Crippen LogP contribution in [0.15, 0.2) is 29.3 Å². The molecule has 3 fully saturated rings. The number of esters is 2. The maximum Gasteiger partial charge on any atom is 0.421 e. The third kappa shape index (κ3) is 3.71. The SMILES string of the molecule is O=C1OC2(CCC3CN2CC3c2nsnc2SCc2ccc(C(=O)NS)cc2)OC1=O. The lowest BCUT2D eigenvalue weighted by Crippen LogP contribution is -2.51. The van der Waals surface area contributed by atoms with Crippen molar-refractivity contribution < 1.29 is 23.9 Å². The highest BCUT2D eigenvalue weighted by molar-refractivity contribution is 7.98. The van der Waals surface area contributed by atoms with Crippen LogP contribution in [0.4, 0.5) is 0 Å². The van der Waals surface area contributed by atoms with Gasteiger partial charge in [-0.25, -0.2) is 14.5 Å². The maximum atomic E-state index is 11.6. The van der Waals surface area contributed by atoms with Crippen LogP contribution in [0.3, 0.4) is 0 Å². The summed E-state index contributed by atoms with van der Waals surface area (Å²) in [4.78, 5) is 36.8. The predicted octanol–water partition coefficient (Wildman–Crippen LogP) is 1.97. The Hall–Kier alpha value is -2.15. The number of thiol groups is 1. The number of piperidine rings is 1. The normalized spacial score (nSPS) is 26.0. The van der Waals surface area contributed by atoms with Crippen molar-refractivity contribution in [2.45, 2.75) is 35.4 Å². The molecule has 3 unspecified atom stereocenters. The molecule has 0 saturated carbocycles. The number of rotatable bonds is 5. The number of thioether (sulfide) groups is 1. The topological polar surface area (TPSA) is 111 Å². The summed E-state index contributed by atoms with van der Waals surface area (Å²) in [6, 6.07) is 7.34. The maximum absolute atomic E-state index is 11.6. The molecule has 3 aliphatic rings. The average molecular weight is 479 g/mol. The summed E-state index contributed by atoms with van der Waals surface area (Å²) in [6.07, 6.45) is 1.25. The summed E-state index contributed by atoms with van der Waals surface area (Å²) in [5.41, 5.74) is 2.56. The number of benzene rings is 1. The number of amides is 1. The fourth-order valence-electron chi connectivity index (χ4n) is 4.39. The molecular weight excluding hydrogens is 460 g/mol. The molecule has 162 valence electrons. The summed E-state index contributed by atoms with van der Waals surface area (Å²) >= 11 is 6.57. The first-order valence-electron chi connectivity index (χ1n) is 9.69. The molecule has 1 N–H and O–H groups in total. The Morgan fingerprint density at radius 1 is 1.23 bits per heavy atom. The van der Waals surface area contributed by atoms with Crippen LogP contribution in [0.25, 0.3) is 0 Å². The van der Waals surface area contributed by atoms with Gasteiger partial charge in [0.1, 0.15) is 5.03 Å². The molecule has 3 aliphatic heterocycles. The number of carbonyl (C=O) groups is 3. The van der Waals surface area contributed by atoms with E-state index in [9.17, 15) is 14.4 Å². The van der Waals surface area contributed by atoms with E-state index in [1.54, 1.807) is 23.9 Å². The molecule has 1 amide bonds. The summed E-state index contributed by atoms with van der Waals surface area (Å²) < 4.78 is 22.0. The minimum atomic E-state index is -1.25. The van der Waals surface area contributed by atoms with Gasteiger partial charge in [-0.1, -0.05) is 36.7 Å². The third-order valence-electron chi connectivity index (χ3n) is 5.95. The summed E-state index contributed by atoms with van der Waals surface area (Å²) in [5.74, 6) is -2.17. The van der Waals surface area contributed by atoms with Crippen LogP contribution in [0, 0.1) is 5.92 Å². The van der Waals surface area contributed by atoms with Gasteiger partial charge >= 0.3 is 17.8 Å². The van der Waals surface area contributed by atoms with Crippen LogP contribution < -0.4 is 4.72 Å². The van der Waals surface area contributed by atoms with E-state index in [2.05, 4.69) is 26.3 Å². The van der Waals surface area contributed by atoms with Crippen molar-refractivity contribution in [2.75, 3.05) is 13.1 Å². The Labute approximate surface area is 191 Å². The van der Waals surface area contributed by atoms with Crippen molar-refractivity contribution in [2.24, 2.45) is 5.92 Å². The molecule has 9 nitrogen and oxygen atoms in total. The molecule has 0 aliphatic carbocycles. The second kappa shape index (κ2) is 8.08. The number of aromatic nitrogens is 2. The first kappa shape index (κ1) is 20.7. The Morgan fingerprint density at radius 3 is 2.68 bits per heavy atom. The number of ether oxygens (including phenoxy) is 2. The van der Waals surface area contributed by atoms with Gasteiger partial charge in [0.25, 0.3) is 5.91 Å². The number of fused-ring (bicyclic) bond motifs is 3. The molecule has 1 spiro atoms. The van der Waals surface area contributed by atoms with Gasteiger partial charge in [-0.05, 0) is 30.0 Å². The first-order chi connectivity index (χ1) is 15.0. The highest BCUT2D eigenvalue weighted by atomic mass is 32.2. The van der Waals surface area contributed by atoms with Gasteiger partial charge in [-0.2, -0.15) is 8.75 Å². The molecule has 12 heteroatoms. The average Bonchev–Trinajstić information content (AvgIpc) is 3.46. The van der Waals surface area contributed by atoms with Gasteiger partial charge in [0.2, 0.25) is 0 Å². The standard InChI is InChI=1S/C19H18N4O5S3/c24-15(20-29)11-3-1-10(2-4-11)9-30-16-14(21-31-22-16)13-8-23-7-12(13)5-6-19(23)27-17(25)18(26)28-19/h1-4,12-13,29H,5-9H2,(H,20,24). The molecule has 1 aromatic heterocycles. The quantitative estimate of drug-likeness (QED) is 0.288. The Morgan fingerprint density at radius 2 is 1.97 bits per heavy atom. The smallest absolute Gasteiger partial charge is 0.400 e. The summed E-state index contributed by atoms with van der Waals surface area (Å²) in [6.45, 7) is 1.28. The molecule has 2 bridgehead atoms. The number of nitrogens with one attached hydrogen (secondary N) is 1. The minimum Gasteiger partial charge on any atom is -0.400 e. The van der Waals surface area contributed by atoms with Gasteiger partial charge in [0.15, 0.2) is 0 Å². The van der Waals surface area contributed by atoms with Crippen molar-refractivity contribution in [3.63, 3.8) is 0 Å². The van der Waals surface area contributed by atoms with E-state index in [-0.39, 0.29) is 11.8 Å². The van der Waals surface area contributed by atoms with E-state index < -0.39 is 17.8 Å². The van der Waals surface area contributed by atoms with Crippen molar-refractivity contribution in [3.05, 3.63) is 41.1 Å². The van der Waals surface area contributed by atoms with Crippen LogP contribution in [-0.2, 0) is 24.8 Å². The van der Waals surface area contributed by atoms with E-state index in [4.69, 9.17) is 9.47 Å². The molecule has 3 saturated heterocycles. The summed E-state index contributed by atoms with van der Waals surface area (Å²) in [5, 5.41) is 0.885. The van der Waals surface area contributed by atoms with E-state index in [0.717, 1.165) is 22.7 Å². The zero-order valence-corrected chi connectivity index (χ0v) is 18.7. The van der Waals surface area contributed by atoms with E-state index in [1.165, 1.54) is 11.7 Å². The van der Waals surface area contributed by atoms with Crippen LogP contribution in [0.2, 0.25) is 0 Å². The van der Waals surface area contributed by atoms with Crippen molar-refractivity contribution in [1.82, 2.24) is 18.4 Å². The fraction of sp³-hybridized carbons (Fsp3) is 0.421. The van der Waals surface area contributed by atoms with Gasteiger partial charge in [-0.3, -0.25) is 9.52 Å². The van der Waals surface area contributed by atoms with E-state index in [0.29, 0.717) is 36.7 Å².